The van der Waals surface area contributed by atoms with E-state index in [9.17, 15) is 13.2 Å². The fraction of sp³-hybridized carbons (Fsp3) is 0.500. The molecule has 7 heteroatoms. The molecule has 0 aliphatic heterocycles. The Bertz CT molecular complexity index is 605. The van der Waals surface area contributed by atoms with Gasteiger partial charge in [-0.3, -0.25) is 4.79 Å². The Morgan fingerprint density at radius 3 is 2.33 bits per heavy atom. The average molecular weight is 313 g/mol. The van der Waals surface area contributed by atoms with Gasteiger partial charge in [0.1, 0.15) is 0 Å². The summed E-state index contributed by atoms with van der Waals surface area (Å²) in [5, 5.41) is 17.6. The van der Waals surface area contributed by atoms with Crippen molar-refractivity contribution in [3.05, 3.63) is 29.8 Å². The second-order valence-electron chi connectivity index (χ2n) is 5.51. The van der Waals surface area contributed by atoms with Gasteiger partial charge < -0.3 is 10.2 Å². The van der Waals surface area contributed by atoms with Crippen molar-refractivity contribution in [1.29, 1.82) is 0 Å². The van der Waals surface area contributed by atoms with Gasteiger partial charge in [-0.1, -0.05) is 12.1 Å². The van der Waals surface area contributed by atoms with E-state index in [2.05, 4.69) is 4.72 Å². The first-order chi connectivity index (χ1) is 9.87. The normalized spacial score (nSPS) is 16.6. The summed E-state index contributed by atoms with van der Waals surface area (Å²) >= 11 is 0. The largest absolute Gasteiger partial charge is 0.481 e. The predicted molar refractivity (Wildman–Crippen MR) is 76.3 cm³/mol. The molecule has 3 N–H and O–H groups in total. The number of aliphatic hydroxyl groups excluding tert-OH is 1. The molecule has 0 atom stereocenters. The molecule has 0 saturated heterocycles. The zero-order chi connectivity index (χ0) is 15.5. The molecular formula is C14H19NO5S. The lowest BCUT2D eigenvalue weighted by molar-refractivity contribution is -0.136. The highest BCUT2D eigenvalue weighted by molar-refractivity contribution is 7.89. The minimum atomic E-state index is -3.60. The van der Waals surface area contributed by atoms with Crippen molar-refractivity contribution in [2.75, 3.05) is 13.2 Å². The first-order valence-electron chi connectivity index (χ1n) is 6.78. The third-order valence-corrected chi connectivity index (χ3v) is 5.24. The number of hydrogen-bond donors (Lipinski definition) is 3. The van der Waals surface area contributed by atoms with Crippen LogP contribution >= 0.6 is 0 Å². The number of carboxylic acids is 1. The van der Waals surface area contributed by atoms with Gasteiger partial charge in [-0.2, -0.15) is 0 Å². The van der Waals surface area contributed by atoms with Crippen molar-refractivity contribution in [1.82, 2.24) is 4.72 Å². The quantitative estimate of drug-likeness (QED) is 0.657. The molecule has 21 heavy (non-hydrogen) atoms. The highest BCUT2D eigenvalue weighted by Crippen LogP contribution is 2.48. The predicted octanol–water partition coefficient (Wildman–Crippen LogP) is 0.755. The number of benzene rings is 1. The topological polar surface area (TPSA) is 104 Å². The molecule has 0 bridgehead atoms. The van der Waals surface area contributed by atoms with Gasteiger partial charge in [0, 0.05) is 13.2 Å². The minimum Gasteiger partial charge on any atom is -0.481 e. The van der Waals surface area contributed by atoms with Gasteiger partial charge in [0.15, 0.2) is 0 Å². The van der Waals surface area contributed by atoms with Crippen molar-refractivity contribution >= 4 is 16.0 Å². The molecule has 0 aromatic heterocycles. The number of carboxylic acid groups (broad SMARTS) is 1. The summed E-state index contributed by atoms with van der Waals surface area (Å²) in [5.74, 6) is -0.955. The molecule has 1 aromatic carbocycles. The number of rotatable bonds is 8. The molecule has 6 nitrogen and oxygen atoms in total. The lowest BCUT2D eigenvalue weighted by Crippen LogP contribution is -2.30. The summed E-state index contributed by atoms with van der Waals surface area (Å²) in [4.78, 5) is 10.7. The first kappa shape index (κ1) is 15.9. The number of aliphatic carboxylic acids is 1. The van der Waals surface area contributed by atoms with E-state index < -0.39 is 16.0 Å². The Labute approximate surface area is 123 Å². The number of sulfonamides is 1. The molecular weight excluding hydrogens is 294 g/mol. The van der Waals surface area contributed by atoms with E-state index in [-0.39, 0.29) is 23.3 Å². The number of hydrogen-bond acceptors (Lipinski definition) is 4. The number of nitrogens with one attached hydrogen (secondary N) is 1. The van der Waals surface area contributed by atoms with Crippen LogP contribution < -0.4 is 4.72 Å². The average Bonchev–Trinajstić information content (AvgIpc) is 3.17. The van der Waals surface area contributed by atoms with Crippen molar-refractivity contribution < 1.29 is 23.4 Å². The van der Waals surface area contributed by atoms with Crippen LogP contribution in [0.3, 0.4) is 0 Å². The Kier molecular flexibility index (Phi) is 4.65. The zero-order valence-electron chi connectivity index (χ0n) is 11.6. The van der Waals surface area contributed by atoms with Crippen LogP contribution in [0.5, 0.6) is 0 Å². The maximum atomic E-state index is 12.2. The van der Waals surface area contributed by atoms with Crippen LogP contribution in [0.15, 0.2) is 29.2 Å². The van der Waals surface area contributed by atoms with E-state index in [1.165, 1.54) is 24.3 Å². The summed E-state index contributed by atoms with van der Waals surface area (Å²) in [5.41, 5.74) is 0.464. The summed E-state index contributed by atoms with van der Waals surface area (Å²) in [6, 6.07) is 5.82. The summed E-state index contributed by atoms with van der Waals surface area (Å²) in [6.45, 7) is 0.387. The van der Waals surface area contributed by atoms with Crippen molar-refractivity contribution in [3.63, 3.8) is 0 Å². The second-order valence-corrected chi connectivity index (χ2v) is 7.28. The van der Waals surface area contributed by atoms with Crippen LogP contribution in [0.2, 0.25) is 0 Å². The maximum absolute atomic E-state index is 12.2. The molecule has 1 aliphatic rings. The van der Waals surface area contributed by atoms with E-state index in [0.29, 0.717) is 18.5 Å². The number of aliphatic hydroxyl groups is 1. The SMILES string of the molecule is O=C(O)Cc1ccc(S(=O)(=O)NCC2(CCO)CC2)cc1. The van der Waals surface area contributed by atoms with E-state index >= 15 is 0 Å². The summed E-state index contributed by atoms with van der Waals surface area (Å²) < 4.78 is 26.9. The van der Waals surface area contributed by atoms with Crippen LogP contribution in [0.4, 0.5) is 0 Å². The molecule has 1 saturated carbocycles. The fourth-order valence-electron chi connectivity index (χ4n) is 2.22. The van der Waals surface area contributed by atoms with Gasteiger partial charge in [-0.15, -0.1) is 0 Å². The standard InChI is InChI=1S/C14H19NO5S/c16-8-7-14(5-6-14)10-15-21(19,20)12-3-1-11(2-4-12)9-13(17)18/h1-4,15-16H,5-10H2,(H,17,18). The summed E-state index contributed by atoms with van der Waals surface area (Å²) in [6.07, 6.45) is 2.32. The molecule has 0 unspecified atom stereocenters. The van der Waals surface area contributed by atoms with Gasteiger partial charge in [-0.05, 0) is 42.4 Å². The molecule has 0 radical (unpaired) electrons. The minimum absolute atomic E-state index is 0.0611. The molecule has 116 valence electrons. The Morgan fingerprint density at radius 1 is 1.24 bits per heavy atom. The highest BCUT2D eigenvalue weighted by atomic mass is 32.2. The zero-order valence-corrected chi connectivity index (χ0v) is 12.4. The smallest absolute Gasteiger partial charge is 0.307 e. The molecule has 0 amide bonds. The molecule has 0 heterocycles. The Morgan fingerprint density at radius 2 is 1.86 bits per heavy atom. The monoisotopic (exact) mass is 313 g/mol. The molecule has 1 fully saturated rings. The van der Waals surface area contributed by atoms with Gasteiger partial charge in [-0.25, -0.2) is 13.1 Å². The lowest BCUT2D eigenvalue weighted by atomic mass is 10.0. The van der Waals surface area contributed by atoms with Crippen molar-refractivity contribution in [2.24, 2.45) is 5.41 Å². The van der Waals surface area contributed by atoms with E-state index in [0.717, 1.165) is 12.8 Å². The van der Waals surface area contributed by atoms with Crippen LogP contribution in [0.1, 0.15) is 24.8 Å². The number of carbonyl (C=O) groups is 1. The third-order valence-electron chi connectivity index (χ3n) is 3.83. The molecule has 0 spiro atoms. The van der Waals surface area contributed by atoms with Gasteiger partial charge in [0.2, 0.25) is 10.0 Å². The van der Waals surface area contributed by atoms with Crippen molar-refractivity contribution in [3.8, 4) is 0 Å². The van der Waals surface area contributed by atoms with Crippen molar-refractivity contribution in [2.45, 2.75) is 30.6 Å². The Hall–Kier alpha value is -1.44. The summed E-state index contributed by atoms with van der Waals surface area (Å²) in [7, 11) is -3.60. The van der Waals surface area contributed by atoms with Crippen LogP contribution in [0.25, 0.3) is 0 Å². The van der Waals surface area contributed by atoms with Gasteiger partial charge >= 0.3 is 5.97 Å². The Balaban J connectivity index is 2.00. The van der Waals surface area contributed by atoms with Crippen LogP contribution in [-0.4, -0.2) is 37.8 Å². The fourth-order valence-corrected chi connectivity index (χ4v) is 3.38. The second kappa shape index (κ2) is 6.13. The highest BCUT2D eigenvalue weighted by Gasteiger charge is 2.42. The van der Waals surface area contributed by atoms with Gasteiger partial charge in [0.25, 0.3) is 0 Å². The van der Waals surface area contributed by atoms with Gasteiger partial charge in [0.05, 0.1) is 11.3 Å². The van der Waals surface area contributed by atoms with E-state index in [4.69, 9.17) is 10.2 Å². The van der Waals surface area contributed by atoms with Crippen LogP contribution in [-0.2, 0) is 21.2 Å². The first-order valence-corrected chi connectivity index (χ1v) is 8.26. The third kappa shape index (κ3) is 4.26. The van der Waals surface area contributed by atoms with E-state index in [1.54, 1.807) is 0 Å². The molecule has 1 aromatic rings. The maximum Gasteiger partial charge on any atom is 0.307 e. The lowest BCUT2D eigenvalue weighted by Gasteiger charge is -2.14. The molecule has 1 aliphatic carbocycles. The van der Waals surface area contributed by atoms with E-state index in [1.807, 2.05) is 0 Å². The van der Waals surface area contributed by atoms with Crippen LogP contribution in [0, 0.1) is 5.41 Å². The molecule has 2 rings (SSSR count).